The van der Waals surface area contributed by atoms with E-state index in [0.29, 0.717) is 12.1 Å². The largest absolute Gasteiger partial charge is 0.310 e. The van der Waals surface area contributed by atoms with E-state index in [4.69, 9.17) is 11.6 Å². The lowest BCUT2D eigenvalue weighted by atomic mass is 9.99. The highest BCUT2D eigenvalue weighted by Crippen LogP contribution is 2.15. The van der Waals surface area contributed by atoms with Gasteiger partial charge in [0.25, 0.3) is 0 Å². The molecule has 0 aromatic carbocycles. The minimum atomic E-state index is 0.660. The second kappa shape index (κ2) is 5.74. The zero-order chi connectivity index (χ0) is 10.6. The third-order valence-electron chi connectivity index (χ3n) is 3.06. The van der Waals surface area contributed by atoms with Crippen molar-refractivity contribution in [2.45, 2.75) is 38.8 Å². The second-order valence-electron chi connectivity index (χ2n) is 4.39. The average Bonchev–Trinajstić information content (AvgIpc) is 2.19. The Hall–Kier alpha value is -0.0500. The first kappa shape index (κ1) is 12.0. The summed E-state index contributed by atoms with van der Waals surface area (Å²) in [6, 6.07) is 1.36. The van der Waals surface area contributed by atoms with Crippen molar-refractivity contribution >= 4 is 11.6 Å². The van der Waals surface area contributed by atoms with Gasteiger partial charge in [0.2, 0.25) is 0 Å². The zero-order valence-corrected chi connectivity index (χ0v) is 10.1. The maximum absolute atomic E-state index is 5.61. The quantitative estimate of drug-likeness (QED) is 0.778. The van der Waals surface area contributed by atoms with Crippen molar-refractivity contribution in [3.05, 3.63) is 11.1 Å². The third-order valence-corrected chi connectivity index (χ3v) is 3.44. The summed E-state index contributed by atoms with van der Waals surface area (Å²) in [6.07, 6.45) is 2.49. The SMILES string of the molecule is C/C(=C\Cl)CNC1CCN(C)C(C)C1. The molecule has 0 saturated carbocycles. The van der Waals surface area contributed by atoms with Crippen LogP contribution in [0.15, 0.2) is 11.1 Å². The summed E-state index contributed by atoms with van der Waals surface area (Å²) in [5.74, 6) is 0. The summed E-state index contributed by atoms with van der Waals surface area (Å²) in [7, 11) is 2.20. The van der Waals surface area contributed by atoms with Crippen LogP contribution in [-0.2, 0) is 0 Å². The molecule has 82 valence electrons. The van der Waals surface area contributed by atoms with E-state index in [1.54, 1.807) is 5.54 Å². The molecule has 0 radical (unpaired) electrons. The Kier molecular flexibility index (Phi) is 4.93. The summed E-state index contributed by atoms with van der Waals surface area (Å²) in [6.45, 7) is 6.46. The standard InChI is InChI=1S/C11H21ClN2/c1-9(7-12)8-13-11-4-5-14(3)10(2)6-11/h7,10-11,13H,4-6,8H2,1-3H3/b9-7+. The normalized spacial score (nSPS) is 30.7. The van der Waals surface area contributed by atoms with Crippen LogP contribution in [0.4, 0.5) is 0 Å². The molecule has 2 nitrogen and oxygen atoms in total. The van der Waals surface area contributed by atoms with Gasteiger partial charge in [-0.15, -0.1) is 0 Å². The van der Waals surface area contributed by atoms with Crippen LogP contribution < -0.4 is 5.32 Å². The molecule has 1 aliphatic rings. The lowest BCUT2D eigenvalue weighted by Gasteiger charge is -2.35. The summed E-state index contributed by atoms with van der Waals surface area (Å²) in [5.41, 5.74) is 2.86. The van der Waals surface area contributed by atoms with Gasteiger partial charge in [0, 0.05) is 24.2 Å². The lowest BCUT2D eigenvalue weighted by molar-refractivity contribution is 0.170. The van der Waals surface area contributed by atoms with E-state index < -0.39 is 0 Å². The van der Waals surface area contributed by atoms with Gasteiger partial charge < -0.3 is 10.2 Å². The fourth-order valence-corrected chi connectivity index (χ4v) is 1.90. The van der Waals surface area contributed by atoms with Crippen molar-refractivity contribution < 1.29 is 0 Å². The van der Waals surface area contributed by atoms with Gasteiger partial charge in [-0.1, -0.05) is 11.6 Å². The molecular formula is C11H21ClN2. The molecule has 1 fully saturated rings. The Morgan fingerprint density at radius 3 is 2.93 bits per heavy atom. The average molecular weight is 217 g/mol. The molecule has 0 bridgehead atoms. The molecule has 2 atom stereocenters. The fourth-order valence-electron chi connectivity index (χ4n) is 1.82. The predicted molar refractivity (Wildman–Crippen MR) is 62.7 cm³/mol. The minimum Gasteiger partial charge on any atom is -0.310 e. The summed E-state index contributed by atoms with van der Waals surface area (Å²) < 4.78 is 0. The predicted octanol–water partition coefficient (Wildman–Crippen LogP) is 2.20. The van der Waals surface area contributed by atoms with Crippen molar-refractivity contribution in [2.24, 2.45) is 0 Å². The van der Waals surface area contributed by atoms with Gasteiger partial charge in [-0.2, -0.15) is 0 Å². The highest BCUT2D eigenvalue weighted by molar-refractivity contribution is 6.25. The Balaban J connectivity index is 2.26. The van der Waals surface area contributed by atoms with Crippen LogP contribution in [0.3, 0.4) is 0 Å². The van der Waals surface area contributed by atoms with Gasteiger partial charge in [0.1, 0.15) is 0 Å². The first-order valence-electron chi connectivity index (χ1n) is 5.33. The van der Waals surface area contributed by atoms with Crippen molar-refractivity contribution in [1.29, 1.82) is 0 Å². The number of piperidine rings is 1. The van der Waals surface area contributed by atoms with Gasteiger partial charge in [0.15, 0.2) is 0 Å². The molecule has 1 N–H and O–H groups in total. The van der Waals surface area contributed by atoms with Crippen LogP contribution in [0.1, 0.15) is 26.7 Å². The number of nitrogens with zero attached hydrogens (tertiary/aromatic N) is 1. The molecule has 3 heteroatoms. The van der Waals surface area contributed by atoms with Crippen LogP contribution in [0.2, 0.25) is 0 Å². The molecule has 1 aliphatic heterocycles. The molecular weight excluding hydrogens is 196 g/mol. The highest BCUT2D eigenvalue weighted by Gasteiger charge is 2.21. The molecule has 2 unspecified atom stereocenters. The molecule has 1 saturated heterocycles. The first-order valence-corrected chi connectivity index (χ1v) is 5.76. The molecule has 0 amide bonds. The van der Waals surface area contributed by atoms with Crippen molar-refractivity contribution in [1.82, 2.24) is 10.2 Å². The molecule has 0 spiro atoms. The van der Waals surface area contributed by atoms with Crippen molar-refractivity contribution in [2.75, 3.05) is 20.1 Å². The maximum Gasteiger partial charge on any atom is 0.0176 e. The van der Waals surface area contributed by atoms with Crippen LogP contribution in [-0.4, -0.2) is 37.1 Å². The molecule has 0 aliphatic carbocycles. The lowest BCUT2D eigenvalue weighted by Crippen LogP contribution is -2.45. The smallest absolute Gasteiger partial charge is 0.0176 e. The van der Waals surface area contributed by atoms with Gasteiger partial charge in [-0.25, -0.2) is 0 Å². The number of hydrogen-bond donors (Lipinski definition) is 1. The summed E-state index contributed by atoms with van der Waals surface area (Å²) >= 11 is 5.61. The topological polar surface area (TPSA) is 15.3 Å². The van der Waals surface area contributed by atoms with E-state index in [-0.39, 0.29) is 0 Å². The Labute approximate surface area is 92.3 Å². The Morgan fingerprint density at radius 1 is 1.64 bits per heavy atom. The van der Waals surface area contributed by atoms with E-state index in [9.17, 15) is 0 Å². The molecule has 1 rings (SSSR count). The van der Waals surface area contributed by atoms with Gasteiger partial charge in [0.05, 0.1) is 0 Å². The van der Waals surface area contributed by atoms with E-state index >= 15 is 0 Å². The van der Waals surface area contributed by atoms with E-state index in [1.165, 1.54) is 25.0 Å². The van der Waals surface area contributed by atoms with Crippen molar-refractivity contribution in [3.63, 3.8) is 0 Å². The van der Waals surface area contributed by atoms with Crippen LogP contribution in [0, 0.1) is 0 Å². The Morgan fingerprint density at radius 2 is 2.36 bits per heavy atom. The minimum absolute atomic E-state index is 0.660. The van der Waals surface area contributed by atoms with Gasteiger partial charge in [-0.3, -0.25) is 0 Å². The summed E-state index contributed by atoms with van der Waals surface area (Å²) in [5, 5.41) is 3.54. The number of hydrogen-bond acceptors (Lipinski definition) is 2. The van der Waals surface area contributed by atoms with E-state index in [2.05, 4.69) is 31.1 Å². The number of halogens is 1. The molecule has 0 aromatic heterocycles. The molecule has 14 heavy (non-hydrogen) atoms. The van der Waals surface area contributed by atoms with E-state index in [1.807, 2.05) is 0 Å². The fraction of sp³-hybridized carbons (Fsp3) is 0.818. The maximum atomic E-state index is 5.61. The summed E-state index contributed by atoms with van der Waals surface area (Å²) in [4.78, 5) is 2.42. The molecule has 0 aromatic rings. The number of rotatable bonds is 3. The monoisotopic (exact) mass is 216 g/mol. The van der Waals surface area contributed by atoms with Gasteiger partial charge in [-0.05, 0) is 45.9 Å². The first-order chi connectivity index (χ1) is 6.63. The number of nitrogens with one attached hydrogen (secondary N) is 1. The zero-order valence-electron chi connectivity index (χ0n) is 9.39. The van der Waals surface area contributed by atoms with Crippen molar-refractivity contribution in [3.8, 4) is 0 Å². The second-order valence-corrected chi connectivity index (χ2v) is 4.61. The number of likely N-dealkylation sites (tertiary alicyclic amines) is 1. The van der Waals surface area contributed by atoms with Gasteiger partial charge >= 0.3 is 0 Å². The third kappa shape index (κ3) is 3.60. The Bertz CT molecular complexity index is 203. The highest BCUT2D eigenvalue weighted by atomic mass is 35.5. The van der Waals surface area contributed by atoms with Crippen LogP contribution >= 0.6 is 11.6 Å². The van der Waals surface area contributed by atoms with Crippen LogP contribution in [0.25, 0.3) is 0 Å². The van der Waals surface area contributed by atoms with E-state index in [0.717, 1.165) is 6.54 Å². The van der Waals surface area contributed by atoms with Crippen LogP contribution in [0.5, 0.6) is 0 Å². The molecule has 1 heterocycles.